The minimum Gasteiger partial charge on any atom is -0.389 e. The van der Waals surface area contributed by atoms with Crippen LogP contribution in [0.1, 0.15) is 18.1 Å². The third-order valence-corrected chi connectivity index (χ3v) is 4.01. The summed E-state index contributed by atoms with van der Waals surface area (Å²) in [4.78, 5) is 4.50. The largest absolute Gasteiger partial charge is 0.389 e. The zero-order valence-corrected chi connectivity index (χ0v) is 15.7. The van der Waals surface area contributed by atoms with E-state index >= 15 is 0 Å². The molecule has 0 saturated heterocycles. The van der Waals surface area contributed by atoms with Crippen molar-refractivity contribution >= 4 is 17.6 Å². The molecule has 2 rings (SSSR count). The van der Waals surface area contributed by atoms with E-state index in [1.165, 1.54) is 0 Å². The van der Waals surface area contributed by atoms with Crippen LogP contribution in [-0.2, 0) is 17.9 Å². The van der Waals surface area contributed by atoms with Gasteiger partial charge in [0.2, 0.25) is 0 Å². The molecule has 2 aromatic carbocycles. The van der Waals surface area contributed by atoms with Gasteiger partial charge in [0, 0.05) is 18.1 Å². The van der Waals surface area contributed by atoms with Crippen molar-refractivity contribution < 1.29 is 9.84 Å². The molecule has 5 nitrogen and oxygen atoms in total. The Morgan fingerprint density at radius 1 is 1.12 bits per heavy atom. The van der Waals surface area contributed by atoms with Crippen molar-refractivity contribution in [3.05, 3.63) is 70.7 Å². The van der Waals surface area contributed by atoms with E-state index in [1.54, 1.807) is 0 Å². The Kier molecular flexibility index (Phi) is 8.96. The molecule has 6 heteroatoms. The highest BCUT2D eigenvalue weighted by Gasteiger charge is 2.07. The van der Waals surface area contributed by atoms with E-state index in [9.17, 15) is 5.11 Å². The summed E-state index contributed by atoms with van der Waals surface area (Å²) in [5, 5.41) is 17.1. The van der Waals surface area contributed by atoms with Gasteiger partial charge >= 0.3 is 0 Å². The normalized spacial score (nSPS) is 12.7. The summed E-state index contributed by atoms with van der Waals surface area (Å²) in [6.07, 6.45) is -0.622. The van der Waals surface area contributed by atoms with Crippen LogP contribution in [0.5, 0.6) is 0 Å². The zero-order valence-electron chi connectivity index (χ0n) is 15.0. The van der Waals surface area contributed by atoms with Gasteiger partial charge in [-0.1, -0.05) is 60.1 Å². The highest BCUT2D eigenvalue weighted by molar-refractivity contribution is 6.31. The van der Waals surface area contributed by atoms with Gasteiger partial charge < -0.3 is 20.5 Å². The van der Waals surface area contributed by atoms with E-state index in [0.29, 0.717) is 30.7 Å². The molecular weight excluding hydrogens is 350 g/mol. The van der Waals surface area contributed by atoms with Crippen molar-refractivity contribution in [3.8, 4) is 0 Å². The fourth-order valence-electron chi connectivity index (χ4n) is 2.29. The average Bonchev–Trinajstić information content (AvgIpc) is 2.66. The SMILES string of the molecule is CCNC(=NCc1ccccc1Cl)NCC(O)COCc1ccccc1. The lowest BCUT2D eigenvalue weighted by molar-refractivity contribution is 0.0308. The molecule has 2 aromatic rings. The summed E-state index contributed by atoms with van der Waals surface area (Å²) >= 11 is 6.15. The lowest BCUT2D eigenvalue weighted by Crippen LogP contribution is -2.42. The Labute approximate surface area is 160 Å². The quantitative estimate of drug-likeness (QED) is 0.465. The number of aliphatic hydroxyl groups excluding tert-OH is 1. The monoisotopic (exact) mass is 375 g/mol. The van der Waals surface area contributed by atoms with Crippen LogP contribution >= 0.6 is 11.6 Å². The van der Waals surface area contributed by atoms with E-state index in [4.69, 9.17) is 16.3 Å². The Morgan fingerprint density at radius 3 is 2.58 bits per heavy atom. The summed E-state index contributed by atoms with van der Waals surface area (Å²) in [7, 11) is 0. The molecule has 0 aliphatic carbocycles. The summed E-state index contributed by atoms with van der Waals surface area (Å²) in [5.74, 6) is 0.634. The van der Waals surface area contributed by atoms with Gasteiger partial charge in [-0.15, -0.1) is 0 Å². The van der Waals surface area contributed by atoms with E-state index in [1.807, 2.05) is 61.5 Å². The number of hydrogen-bond acceptors (Lipinski definition) is 3. The number of aliphatic hydroxyl groups is 1. The molecule has 0 spiro atoms. The molecule has 0 aliphatic heterocycles. The second kappa shape index (κ2) is 11.5. The smallest absolute Gasteiger partial charge is 0.191 e. The fraction of sp³-hybridized carbons (Fsp3) is 0.350. The number of guanidine groups is 1. The Bertz CT molecular complexity index is 680. The maximum Gasteiger partial charge on any atom is 0.191 e. The number of hydrogen-bond donors (Lipinski definition) is 3. The fourth-order valence-corrected chi connectivity index (χ4v) is 2.49. The molecule has 0 bridgehead atoms. The molecule has 3 N–H and O–H groups in total. The highest BCUT2D eigenvalue weighted by atomic mass is 35.5. The minimum absolute atomic E-state index is 0.256. The van der Waals surface area contributed by atoms with E-state index in [0.717, 1.165) is 17.7 Å². The number of halogens is 1. The minimum atomic E-state index is -0.622. The molecule has 0 heterocycles. The topological polar surface area (TPSA) is 65.9 Å². The number of nitrogens with zero attached hydrogens (tertiary/aromatic N) is 1. The number of ether oxygens (including phenoxy) is 1. The first kappa shape index (κ1) is 20.2. The molecule has 140 valence electrons. The third-order valence-electron chi connectivity index (χ3n) is 3.64. The van der Waals surface area contributed by atoms with E-state index in [2.05, 4.69) is 15.6 Å². The number of benzene rings is 2. The van der Waals surface area contributed by atoms with Gasteiger partial charge in [0.25, 0.3) is 0 Å². The van der Waals surface area contributed by atoms with Gasteiger partial charge in [0.15, 0.2) is 5.96 Å². The molecule has 0 aromatic heterocycles. The second-order valence-corrected chi connectivity index (χ2v) is 6.23. The second-order valence-electron chi connectivity index (χ2n) is 5.82. The molecule has 26 heavy (non-hydrogen) atoms. The van der Waals surface area contributed by atoms with Crippen LogP contribution in [-0.4, -0.2) is 36.9 Å². The molecule has 0 amide bonds. The van der Waals surface area contributed by atoms with E-state index in [-0.39, 0.29) is 6.61 Å². The van der Waals surface area contributed by atoms with Crippen LogP contribution in [0.4, 0.5) is 0 Å². The molecule has 1 atom stereocenters. The molecule has 0 radical (unpaired) electrons. The lowest BCUT2D eigenvalue weighted by Gasteiger charge is -2.15. The highest BCUT2D eigenvalue weighted by Crippen LogP contribution is 2.15. The molecule has 0 fully saturated rings. The van der Waals surface area contributed by atoms with Crippen LogP contribution in [0, 0.1) is 0 Å². The van der Waals surface area contributed by atoms with Crippen LogP contribution in [0.25, 0.3) is 0 Å². The van der Waals surface area contributed by atoms with Crippen molar-refractivity contribution in [2.24, 2.45) is 4.99 Å². The van der Waals surface area contributed by atoms with Gasteiger partial charge in [0.1, 0.15) is 0 Å². The predicted octanol–water partition coefficient (Wildman–Crippen LogP) is 2.97. The Hall–Kier alpha value is -2.08. The molecule has 0 saturated carbocycles. The standard InChI is InChI=1S/C20H26ClN3O2/c1-2-22-20(23-12-17-10-6-7-11-19(17)21)24-13-18(25)15-26-14-16-8-4-3-5-9-16/h3-11,18,25H,2,12-15H2,1H3,(H2,22,23,24). The Balaban J connectivity index is 1.76. The molecule has 0 aliphatic rings. The summed E-state index contributed by atoms with van der Waals surface area (Å²) in [5.41, 5.74) is 2.04. The van der Waals surface area contributed by atoms with Gasteiger partial charge in [-0.25, -0.2) is 4.99 Å². The van der Waals surface area contributed by atoms with Gasteiger partial charge in [-0.2, -0.15) is 0 Å². The summed E-state index contributed by atoms with van der Waals surface area (Å²) in [6, 6.07) is 17.5. The molecular formula is C20H26ClN3O2. The van der Waals surface area contributed by atoms with Crippen molar-refractivity contribution in [3.63, 3.8) is 0 Å². The summed E-state index contributed by atoms with van der Waals surface area (Å²) < 4.78 is 5.55. The first-order chi connectivity index (χ1) is 12.7. The first-order valence-corrected chi connectivity index (χ1v) is 9.12. The molecule has 1 unspecified atom stereocenters. The number of aliphatic imine (C=N–C) groups is 1. The van der Waals surface area contributed by atoms with Gasteiger partial charge in [-0.05, 0) is 24.1 Å². The maximum atomic E-state index is 10.1. The van der Waals surface area contributed by atoms with Crippen molar-refractivity contribution in [2.75, 3.05) is 19.7 Å². The van der Waals surface area contributed by atoms with E-state index < -0.39 is 6.10 Å². The van der Waals surface area contributed by atoms with Crippen LogP contribution < -0.4 is 10.6 Å². The zero-order chi connectivity index (χ0) is 18.6. The summed E-state index contributed by atoms with van der Waals surface area (Å²) in [6.45, 7) is 4.28. The predicted molar refractivity (Wildman–Crippen MR) is 106 cm³/mol. The van der Waals surface area contributed by atoms with Crippen LogP contribution in [0.15, 0.2) is 59.6 Å². The van der Waals surface area contributed by atoms with Gasteiger partial charge in [0.05, 0.1) is 25.9 Å². The maximum absolute atomic E-state index is 10.1. The van der Waals surface area contributed by atoms with Gasteiger partial charge in [-0.3, -0.25) is 0 Å². The van der Waals surface area contributed by atoms with Crippen molar-refractivity contribution in [1.82, 2.24) is 10.6 Å². The number of rotatable bonds is 9. The third kappa shape index (κ3) is 7.44. The van der Waals surface area contributed by atoms with Crippen molar-refractivity contribution in [1.29, 1.82) is 0 Å². The van der Waals surface area contributed by atoms with Crippen LogP contribution in [0.2, 0.25) is 5.02 Å². The Morgan fingerprint density at radius 2 is 1.85 bits per heavy atom. The van der Waals surface area contributed by atoms with Crippen molar-refractivity contribution in [2.45, 2.75) is 26.2 Å². The first-order valence-electron chi connectivity index (χ1n) is 8.74. The number of nitrogens with one attached hydrogen (secondary N) is 2. The average molecular weight is 376 g/mol. The van der Waals surface area contributed by atoms with Crippen LogP contribution in [0.3, 0.4) is 0 Å². The lowest BCUT2D eigenvalue weighted by atomic mass is 10.2.